The van der Waals surface area contributed by atoms with E-state index in [1.165, 1.54) is 30.5 Å². The maximum Gasteiger partial charge on any atom is 0.335 e. The van der Waals surface area contributed by atoms with Gasteiger partial charge < -0.3 is 9.84 Å². The molecule has 20 heavy (non-hydrogen) atoms. The van der Waals surface area contributed by atoms with Crippen LogP contribution in [0.15, 0.2) is 41.1 Å². The monoisotopic (exact) mass is 338 g/mol. The number of aromatic nitrogens is 1. The molecule has 1 heterocycles. The molecule has 0 amide bonds. The Balaban J connectivity index is 2.42. The molecular weight excluding hydrogens is 332 g/mol. The molecule has 0 atom stereocenters. The van der Waals surface area contributed by atoms with Gasteiger partial charge in [0, 0.05) is 12.3 Å². The number of hydrogen-bond acceptors (Lipinski definition) is 5. The molecule has 7 nitrogen and oxygen atoms in total. The summed E-state index contributed by atoms with van der Waals surface area (Å²) in [4.78, 5) is 24.8. The zero-order valence-electron chi connectivity index (χ0n) is 9.82. The van der Waals surface area contributed by atoms with E-state index >= 15 is 0 Å². The van der Waals surface area contributed by atoms with E-state index in [1.54, 1.807) is 0 Å². The predicted octanol–water partition coefficient (Wildman–Crippen LogP) is 3.24. The minimum atomic E-state index is -1.12. The molecule has 0 aliphatic heterocycles. The van der Waals surface area contributed by atoms with Crippen molar-refractivity contribution in [2.75, 3.05) is 0 Å². The van der Waals surface area contributed by atoms with Crippen molar-refractivity contribution in [3.63, 3.8) is 0 Å². The smallest absolute Gasteiger partial charge is 0.335 e. The lowest BCUT2D eigenvalue weighted by Crippen LogP contribution is -1.98. The number of hydrogen-bond donors (Lipinski definition) is 1. The predicted molar refractivity (Wildman–Crippen MR) is 72.1 cm³/mol. The molecule has 0 bridgehead atoms. The van der Waals surface area contributed by atoms with Gasteiger partial charge in [-0.15, -0.1) is 0 Å². The summed E-state index contributed by atoms with van der Waals surface area (Å²) in [6.45, 7) is 0. The van der Waals surface area contributed by atoms with E-state index in [0.717, 1.165) is 6.20 Å². The first-order valence-electron chi connectivity index (χ1n) is 5.28. The number of carboxylic acid groups (broad SMARTS) is 1. The van der Waals surface area contributed by atoms with Crippen molar-refractivity contribution in [2.24, 2.45) is 0 Å². The van der Waals surface area contributed by atoms with Gasteiger partial charge in [0.15, 0.2) is 0 Å². The average molecular weight is 339 g/mol. The van der Waals surface area contributed by atoms with E-state index in [0.29, 0.717) is 4.47 Å². The van der Waals surface area contributed by atoms with Crippen LogP contribution in [0.5, 0.6) is 11.5 Å². The average Bonchev–Trinajstić information content (AvgIpc) is 2.41. The standard InChI is InChI=1S/C12H7BrN2O5/c13-8-2-1-7(12(16)17)5-11(8)20-10-3-4-14-6-9(10)15(18)19/h1-6H,(H,16,17). The Hall–Kier alpha value is -2.48. The largest absolute Gasteiger partial charge is 0.478 e. The first kappa shape index (κ1) is 13.9. The highest BCUT2D eigenvalue weighted by atomic mass is 79.9. The Morgan fingerprint density at radius 3 is 2.75 bits per heavy atom. The van der Waals surface area contributed by atoms with Crippen LogP contribution in [0, 0.1) is 10.1 Å². The van der Waals surface area contributed by atoms with Gasteiger partial charge in [-0.25, -0.2) is 4.79 Å². The highest BCUT2D eigenvalue weighted by Crippen LogP contribution is 2.34. The number of aromatic carboxylic acids is 1. The summed E-state index contributed by atoms with van der Waals surface area (Å²) in [6.07, 6.45) is 2.40. The molecule has 1 aromatic heterocycles. The summed E-state index contributed by atoms with van der Waals surface area (Å²) < 4.78 is 5.88. The van der Waals surface area contributed by atoms with Gasteiger partial charge in [-0.05, 0) is 34.1 Å². The molecule has 0 aliphatic carbocycles. The van der Waals surface area contributed by atoms with Crippen LogP contribution >= 0.6 is 15.9 Å². The topological polar surface area (TPSA) is 103 Å². The SMILES string of the molecule is O=C(O)c1ccc(Br)c(Oc2ccncc2[N+](=O)[O-])c1. The fraction of sp³-hybridized carbons (Fsp3) is 0. The number of ether oxygens (including phenoxy) is 1. The normalized spacial score (nSPS) is 10.1. The lowest BCUT2D eigenvalue weighted by molar-refractivity contribution is -0.386. The van der Waals surface area contributed by atoms with Gasteiger partial charge in [0.25, 0.3) is 0 Å². The molecule has 0 unspecified atom stereocenters. The van der Waals surface area contributed by atoms with Gasteiger partial charge in [-0.3, -0.25) is 15.1 Å². The van der Waals surface area contributed by atoms with Crippen LogP contribution in [0.3, 0.4) is 0 Å². The summed E-state index contributed by atoms with van der Waals surface area (Å²) in [6, 6.07) is 5.49. The second-order valence-electron chi connectivity index (χ2n) is 3.65. The maximum absolute atomic E-state index is 10.9. The summed E-state index contributed by atoms with van der Waals surface area (Å²) in [5.74, 6) is -0.973. The van der Waals surface area contributed by atoms with Gasteiger partial charge in [0.1, 0.15) is 11.9 Å². The van der Waals surface area contributed by atoms with Crippen molar-refractivity contribution < 1.29 is 19.6 Å². The minimum absolute atomic E-state index is 0.0138. The van der Waals surface area contributed by atoms with Crippen LogP contribution in [0.1, 0.15) is 10.4 Å². The second-order valence-corrected chi connectivity index (χ2v) is 4.51. The Bertz CT molecular complexity index is 689. The van der Waals surface area contributed by atoms with E-state index in [1.807, 2.05) is 0 Å². The van der Waals surface area contributed by atoms with Gasteiger partial charge >= 0.3 is 11.7 Å². The molecular formula is C12H7BrN2O5. The number of rotatable bonds is 4. The highest BCUT2D eigenvalue weighted by molar-refractivity contribution is 9.10. The van der Waals surface area contributed by atoms with Crippen LogP contribution in [0.25, 0.3) is 0 Å². The number of halogens is 1. The third-order valence-corrected chi connectivity index (χ3v) is 3.01. The lowest BCUT2D eigenvalue weighted by atomic mass is 10.2. The van der Waals surface area contributed by atoms with Gasteiger partial charge in [0.05, 0.1) is 15.0 Å². The van der Waals surface area contributed by atoms with Gasteiger partial charge in [-0.1, -0.05) is 0 Å². The van der Waals surface area contributed by atoms with Crippen molar-refractivity contribution in [2.45, 2.75) is 0 Å². The fourth-order valence-electron chi connectivity index (χ4n) is 1.43. The molecule has 102 valence electrons. The lowest BCUT2D eigenvalue weighted by Gasteiger charge is -2.08. The van der Waals surface area contributed by atoms with E-state index in [-0.39, 0.29) is 22.7 Å². The van der Waals surface area contributed by atoms with Crippen LogP contribution in [-0.4, -0.2) is 21.0 Å². The van der Waals surface area contributed by atoms with Crippen molar-refractivity contribution in [3.8, 4) is 11.5 Å². The first-order chi connectivity index (χ1) is 9.49. The van der Waals surface area contributed by atoms with Crippen LogP contribution < -0.4 is 4.74 Å². The van der Waals surface area contributed by atoms with Crippen LogP contribution in [0.4, 0.5) is 5.69 Å². The Morgan fingerprint density at radius 2 is 2.10 bits per heavy atom. The minimum Gasteiger partial charge on any atom is -0.478 e. The zero-order valence-corrected chi connectivity index (χ0v) is 11.4. The first-order valence-corrected chi connectivity index (χ1v) is 6.07. The number of pyridine rings is 1. The molecule has 2 rings (SSSR count). The molecule has 0 saturated carbocycles. The summed E-state index contributed by atoms with van der Waals surface area (Å²) >= 11 is 3.20. The van der Waals surface area contributed by atoms with Crippen molar-refractivity contribution >= 4 is 27.6 Å². The number of carboxylic acids is 1. The molecule has 2 aromatic rings. The van der Waals surface area contributed by atoms with E-state index < -0.39 is 10.9 Å². The summed E-state index contributed by atoms with van der Waals surface area (Å²) in [5, 5.41) is 19.8. The van der Waals surface area contributed by atoms with E-state index in [2.05, 4.69) is 20.9 Å². The Morgan fingerprint density at radius 1 is 1.35 bits per heavy atom. The molecule has 1 aromatic carbocycles. The third-order valence-electron chi connectivity index (χ3n) is 2.36. The fourth-order valence-corrected chi connectivity index (χ4v) is 1.76. The zero-order chi connectivity index (χ0) is 14.7. The molecule has 0 fully saturated rings. The maximum atomic E-state index is 10.9. The highest BCUT2D eigenvalue weighted by Gasteiger charge is 2.17. The Kier molecular flexibility index (Phi) is 3.94. The van der Waals surface area contributed by atoms with Crippen molar-refractivity contribution in [1.29, 1.82) is 0 Å². The third kappa shape index (κ3) is 2.91. The number of nitrogens with zero attached hydrogens (tertiary/aromatic N) is 2. The summed E-state index contributed by atoms with van der Waals surface area (Å²) in [5.41, 5.74) is -0.292. The molecule has 0 spiro atoms. The summed E-state index contributed by atoms with van der Waals surface area (Å²) in [7, 11) is 0. The van der Waals surface area contributed by atoms with Crippen LogP contribution in [0.2, 0.25) is 0 Å². The number of benzene rings is 1. The van der Waals surface area contributed by atoms with Crippen LogP contribution in [-0.2, 0) is 0 Å². The molecule has 8 heteroatoms. The molecule has 0 radical (unpaired) electrons. The van der Waals surface area contributed by atoms with E-state index in [4.69, 9.17) is 9.84 Å². The molecule has 0 aliphatic rings. The second kappa shape index (κ2) is 5.66. The quantitative estimate of drug-likeness (QED) is 0.678. The van der Waals surface area contributed by atoms with Crippen molar-refractivity contribution in [3.05, 3.63) is 56.8 Å². The number of nitro groups is 1. The molecule has 1 N–H and O–H groups in total. The Labute approximate surface area is 121 Å². The molecule has 0 saturated heterocycles. The van der Waals surface area contributed by atoms with Gasteiger partial charge in [0.2, 0.25) is 5.75 Å². The van der Waals surface area contributed by atoms with Gasteiger partial charge in [-0.2, -0.15) is 0 Å². The number of carbonyl (C=O) groups is 1. The van der Waals surface area contributed by atoms with Crippen molar-refractivity contribution in [1.82, 2.24) is 4.98 Å². The van der Waals surface area contributed by atoms with E-state index in [9.17, 15) is 14.9 Å².